The Hall–Kier alpha value is -1.02. The Morgan fingerprint density at radius 3 is 2.70 bits per heavy atom. The maximum absolute atomic E-state index is 13.8. The molecule has 1 aromatic rings. The molecule has 1 aromatic carbocycles. The largest absolute Gasteiger partial charge is 0.382 e. The van der Waals surface area contributed by atoms with E-state index < -0.39 is 15.8 Å². The first kappa shape index (κ1) is 16.8. The van der Waals surface area contributed by atoms with E-state index in [-0.39, 0.29) is 16.4 Å². The third-order valence-electron chi connectivity index (χ3n) is 4.88. The molecule has 0 radical (unpaired) electrons. The van der Waals surface area contributed by atoms with E-state index in [1.165, 1.54) is 22.5 Å². The molecular formula is C16H22FNO4S. The fraction of sp³-hybridized carbons (Fsp3) is 0.625. The fourth-order valence-corrected chi connectivity index (χ4v) is 5.04. The van der Waals surface area contributed by atoms with Gasteiger partial charge in [0.25, 0.3) is 0 Å². The number of piperidine rings is 1. The summed E-state index contributed by atoms with van der Waals surface area (Å²) in [5.74, 6) is -0.697. The molecule has 2 saturated heterocycles. The maximum Gasteiger partial charge on any atom is 0.245 e. The lowest BCUT2D eigenvalue weighted by molar-refractivity contribution is 0.0312. The van der Waals surface area contributed by atoms with E-state index in [1.807, 2.05) is 0 Å². The van der Waals surface area contributed by atoms with Gasteiger partial charge in [0.2, 0.25) is 10.0 Å². The standard InChI is InChI=1S/C16H22FNO4S/c1-21-11-13-10-16(12-22-13)6-8-18(9-7-16)23(19,20)15-5-3-2-4-14(15)17/h2-5,13H,6-12H2,1H3. The molecule has 0 saturated carbocycles. The smallest absolute Gasteiger partial charge is 0.245 e. The molecule has 1 unspecified atom stereocenters. The summed E-state index contributed by atoms with van der Waals surface area (Å²) in [4.78, 5) is -0.240. The van der Waals surface area contributed by atoms with Crippen LogP contribution in [0.15, 0.2) is 29.2 Å². The van der Waals surface area contributed by atoms with Crippen molar-refractivity contribution >= 4 is 10.0 Å². The van der Waals surface area contributed by atoms with E-state index in [2.05, 4.69) is 0 Å². The summed E-state index contributed by atoms with van der Waals surface area (Å²) in [6.07, 6.45) is 2.46. The van der Waals surface area contributed by atoms with E-state index in [4.69, 9.17) is 9.47 Å². The van der Waals surface area contributed by atoms with Crippen molar-refractivity contribution in [3.05, 3.63) is 30.1 Å². The third-order valence-corrected chi connectivity index (χ3v) is 6.81. The lowest BCUT2D eigenvalue weighted by Crippen LogP contribution is -2.43. The molecule has 7 heteroatoms. The number of methoxy groups -OCH3 is 1. The summed E-state index contributed by atoms with van der Waals surface area (Å²) < 4.78 is 51.3. The van der Waals surface area contributed by atoms with E-state index in [0.717, 1.165) is 19.3 Å². The van der Waals surface area contributed by atoms with Gasteiger partial charge in [-0.15, -0.1) is 0 Å². The molecule has 3 rings (SSSR count). The van der Waals surface area contributed by atoms with Crippen molar-refractivity contribution < 1.29 is 22.3 Å². The van der Waals surface area contributed by atoms with Gasteiger partial charge < -0.3 is 9.47 Å². The van der Waals surface area contributed by atoms with Crippen molar-refractivity contribution in [1.82, 2.24) is 4.31 Å². The molecule has 0 amide bonds. The summed E-state index contributed by atoms with van der Waals surface area (Å²) in [5, 5.41) is 0. The van der Waals surface area contributed by atoms with Gasteiger partial charge in [-0.25, -0.2) is 12.8 Å². The molecule has 2 fully saturated rings. The molecular weight excluding hydrogens is 321 g/mol. The van der Waals surface area contributed by atoms with E-state index in [9.17, 15) is 12.8 Å². The van der Waals surface area contributed by atoms with Gasteiger partial charge in [0.05, 0.1) is 19.3 Å². The number of nitrogens with zero attached hydrogens (tertiary/aromatic N) is 1. The highest BCUT2D eigenvalue weighted by Crippen LogP contribution is 2.43. The van der Waals surface area contributed by atoms with Crippen LogP contribution in [0.25, 0.3) is 0 Å². The number of benzene rings is 1. The second-order valence-electron chi connectivity index (χ2n) is 6.43. The summed E-state index contributed by atoms with van der Waals surface area (Å²) in [5.41, 5.74) is 0.0322. The topological polar surface area (TPSA) is 55.8 Å². The summed E-state index contributed by atoms with van der Waals surface area (Å²) in [7, 11) is -2.12. The van der Waals surface area contributed by atoms with Gasteiger partial charge >= 0.3 is 0 Å². The molecule has 23 heavy (non-hydrogen) atoms. The zero-order valence-corrected chi connectivity index (χ0v) is 14.0. The van der Waals surface area contributed by atoms with Gasteiger partial charge in [0, 0.05) is 20.2 Å². The average Bonchev–Trinajstić information content (AvgIpc) is 2.91. The quantitative estimate of drug-likeness (QED) is 0.839. The van der Waals surface area contributed by atoms with E-state index >= 15 is 0 Å². The summed E-state index contributed by atoms with van der Waals surface area (Å²) >= 11 is 0. The second kappa shape index (κ2) is 6.47. The zero-order chi connectivity index (χ0) is 16.5. The Morgan fingerprint density at radius 2 is 2.04 bits per heavy atom. The summed E-state index contributed by atoms with van der Waals surface area (Å²) in [6.45, 7) is 2.02. The van der Waals surface area contributed by atoms with Crippen LogP contribution < -0.4 is 0 Å². The number of sulfonamides is 1. The summed E-state index contributed by atoms with van der Waals surface area (Å²) in [6, 6.07) is 5.54. The van der Waals surface area contributed by atoms with Gasteiger partial charge in [-0.3, -0.25) is 0 Å². The van der Waals surface area contributed by atoms with Crippen molar-refractivity contribution in [3.63, 3.8) is 0 Å². The molecule has 1 atom stereocenters. The minimum atomic E-state index is -3.77. The van der Waals surface area contributed by atoms with Crippen molar-refractivity contribution in [2.45, 2.75) is 30.3 Å². The molecule has 2 aliphatic heterocycles. The molecule has 2 heterocycles. The first-order chi connectivity index (χ1) is 11.0. The Bertz CT molecular complexity index is 656. The molecule has 1 spiro atoms. The van der Waals surface area contributed by atoms with Gasteiger partial charge in [-0.1, -0.05) is 12.1 Å². The third kappa shape index (κ3) is 3.28. The fourth-order valence-electron chi connectivity index (χ4n) is 3.53. The van der Waals surface area contributed by atoms with Crippen molar-refractivity contribution in [2.75, 3.05) is 33.4 Å². The van der Waals surface area contributed by atoms with Crippen LogP contribution in [0, 0.1) is 11.2 Å². The molecule has 0 aromatic heterocycles. The van der Waals surface area contributed by atoms with E-state index in [0.29, 0.717) is 26.3 Å². The van der Waals surface area contributed by atoms with Gasteiger partial charge in [-0.05, 0) is 36.8 Å². The first-order valence-corrected chi connectivity index (χ1v) is 9.26. The predicted octanol–water partition coefficient (Wildman–Crippen LogP) is 2.03. The van der Waals surface area contributed by atoms with Crippen LogP contribution in [-0.2, 0) is 19.5 Å². The van der Waals surface area contributed by atoms with Gasteiger partial charge in [-0.2, -0.15) is 4.31 Å². The normalized spacial score (nSPS) is 25.0. The molecule has 2 aliphatic rings. The van der Waals surface area contributed by atoms with Crippen molar-refractivity contribution in [3.8, 4) is 0 Å². The SMILES string of the molecule is COCC1CC2(CCN(S(=O)(=O)c3ccccc3F)CC2)CO1. The number of ether oxygens (including phenoxy) is 2. The Balaban J connectivity index is 1.69. The lowest BCUT2D eigenvalue weighted by Gasteiger charge is -2.37. The number of hydrogen-bond acceptors (Lipinski definition) is 4. The van der Waals surface area contributed by atoms with Crippen LogP contribution in [-0.4, -0.2) is 52.2 Å². The highest BCUT2D eigenvalue weighted by molar-refractivity contribution is 7.89. The van der Waals surface area contributed by atoms with Crippen LogP contribution in [0.1, 0.15) is 19.3 Å². The van der Waals surface area contributed by atoms with Crippen LogP contribution >= 0.6 is 0 Å². The predicted molar refractivity (Wildman–Crippen MR) is 83.1 cm³/mol. The molecule has 0 N–H and O–H groups in total. The average molecular weight is 343 g/mol. The Kier molecular flexibility index (Phi) is 4.73. The monoisotopic (exact) mass is 343 g/mol. The Morgan fingerprint density at radius 1 is 1.35 bits per heavy atom. The van der Waals surface area contributed by atoms with Gasteiger partial charge in [0.15, 0.2) is 0 Å². The highest BCUT2D eigenvalue weighted by Gasteiger charge is 2.44. The highest BCUT2D eigenvalue weighted by atomic mass is 32.2. The maximum atomic E-state index is 13.8. The molecule has 0 aliphatic carbocycles. The van der Waals surface area contributed by atoms with Crippen LogP contribution in [0.2, 0.25) is 0 Å². The zero-order valence-electron chi connectivity index (χ0n) is 13.2. The number of halogens is 1. The lowest BCUT2D eigenvalue weighted by atomic mass is 9.77. The second-order valence-corrected chi connectivity index (χ2v) is 8.33. The molecule has 0 bridgehead atoms. The van der Waals surface area contributed by atoms with Gasteiger partial charge in [0.1, 0.15) is 10.7 Å². The van der Waals surface area contributed by atoms with Crippen LogP contribution in [0.3, 0.4) is 0 Å². The van der Waals surface area contributed by atoms with Crippen LogP contribution in [0.5, 0.6) is 0 Å². The molecule has 5 nitrogen and oxygen atoms in total. The number of hydrogen-bond donors (Lipinski definition) is 0. The number of rotatable bonds is 4. The van der Waals surface area contributed by atoms with Crippen molar-refractivity contribution in [1.29, 1.82) is 0 Å². The minimum absolute atomic E-state index is 0.0322. The molecule has 128 valence electrons. The van der Waals surface area contributed by atoms with Crippen molar-refractivity contribution in [2.24, 2.45) is 5.41 Å². The first-order valence-electron chi connectivity index (χ1n) is 7.82. The Labute approximate surface area is 136 Å². The van der Waals surface area contributed by atoms with Crippen LogP contribution in [0.4, 0.5) is 4.39 Å². The minimum Gasteiger partial charge on any atom is -0.382 e. The van der Waals surface area contributed by atoms with E-state index in [1.54, 1.807) is 13.2 Å².